The number of imide groups is 1. The normalized spacial score (nSPS) is 13.6. The Morgan fingerprint density at radius 1 is 1.07 bits per heavy atom. The first-order valence-electron chi connectivity index (χ1n) is 12.3. The molecule has 1 aliphatic rings. The first-order valence-corrected chi connectivity index (χ1v) is 14.5. The summed E-state index contributed by atoms with van der Waals surface area (Å²) in [5.41, 5.74) is 2.73. The van der Waals surface area contributed by atoms with Gasteiger partial charge in [0.2, 0.25) is 0 Å². The van der Waals surface area contributed by atoms with Crippen LogP contribution in [-0.4, -0.2) is 45.9 Å². The Labute approximate surface area is 266 Å². The minimum atomic E-state index is -4.67. The Morgan fingerprint density at radius 2 is 1.76 bits per heavy atom. The first-order chi connectivity index (χ1) is 19.5. The third-order valence-corrected chi connectivity index (χ3v) is 8.50. The van der Waals surface area contributed by atoms with Gasteiger partial charge in [0.25, 0.3) is 11.8 Å². The van der Waals surface area contributed by atoms with Crippen LogP contribution in [0.1, 0.15) is 30.4 Å². The number of hydrogen-bond acceptors (Lipinski definition) is 12. The summed E-state index contributed by atoms with van der Waals surface area (Å²) in [5.74, 6) is -1.97. The van der Waals surface area contributed by atoms with Crippen LogP contribution in [-0.2, 0) is 35.8 Å². The summed E-state index contributed by atoms with van der Waals surface area (Å²) in [5, 5.41) is 19.5. The molecule has 2 heterocycles. The second-order valence-corrected chi connectivity index (χ2v) is 11.5. The zero-order valence-corrected chi connectivity index (χ0v) is 26.1. The van der Waals surface area contributed by atoms with Gasteiger partial charge < -0.3 is 14.5 Å². The summed E-state index contributed by atoms with van der Waals surface area (Å²) in [6.07, 6.45) is 0.133. The smallest absolute Gasteiger partial charge is 0.744 e. The summed E-state index contributed by atoms with van der Waals surface area (Å²) < 4.78 is 35.6. The van der Waals surface area contributed by atoms with Crippen molar-refractivity contribution in [2.45, 2.75) is 37.5 Å². The Balaban J connectivity index is 0.00000405. The Kier molecular flexibility index (Phi) is 9.55. The number of benzene rings is 3. The number of amides is 2. The number of phenolic OH excluding ortho intramolecular Hbond substituents is 1. The molecular formula is C27H21N4NaO8S2. The van der Waals surface area contributed by atoms with Crippen LogP contribution in [0.25, 0.3) is 20.8 Å². The van der Waals surface area contributed by atoms with Crippen LogP contribution in [0.5, 0.6) is 5.75 Å². The third kappa shape index (κ3) is 6.91. The summed E-state index contributed by atoms with van der Waals surface area (Å²) in [6.45, 7) is 1.56. The summed E-state index contributed by atoms with van der Waals surface area (Å²) in [6, 6.07) is 14.6. The van der Waals surface area contributed by atoms with E-state index in [-0.39, 0.29) is 71.6 Å². The average Bonchev–Trinajstić information content (AvgIpc) is 3.49. The number of hydroxylamine groups is 2. The van der Waals surface area contributed by atoms with E-state index in [0.29, 0.717) is 42.7 Å². The number of fused-ring (bicyclic) bond motifs is 1. The average molecular weight is 617 g/mol. The predicted octanol–water partition coefficient (Wildman–Crippen LogP) is 1.84. The maximum Gasteiger partial charge on any atom is 1.00 e. The van der Waals surface area contributed by atoms with Gasteiger partial charge in [0.15, 0.2) is 0 Å². The van der Waals surface area contributed by atoms with Crippen molar-refractivity contribution in [2.24, 2.45) is 10.2 Å². The zero-order valence-electron chi connectivity index (χ0n) is 22.4. The van der Waals surface area contributed by atoms with Crippen molar-refractivity contribution in [3.8, 4) is 16.3 Å². The minimum Gasteiger partial charge on any atom is -0.744 e. The van der Waals surface area contributed by atoms with Gasteiger partial charge in [0.05, 0.1) is 27.2 Å². The molecule has 3 aromatic carbocycles. The van der Waals surface area contributed by atoms with E-state index in [2.05, 4.69) is 15.2 Å². The van der Waals surface area contributed by atoms with Crippen molar-refractivity contribution < 1.29 is 66.9 Å². The monoisotopic (exact) mass is 616 g/mol. The van der Waals surface area contributed by atoms with Crippen LogP contribution in [0, 0.1) is 6.92 Å². The van der Waals surface area contributed by atoms with Gasteiger partial charge in [-0.05, 0) is 66.9 Å². The van der Waals surface area contributed by atoms with E-state index < -0.39 is 27.9 Å². The minimum absolute atomic E-state index is 0. The van der Waals surface area contributed by atoms with Crippen molar-refractivity contribution >= 4 is 60.8 Å². The van der Waals surface area contributed by atoms with Crippen molar-refractivity contribution in [3.05, 3.63) is 65.7 Å². The quantitative estimate of drug-likeness (QED) is 0.134. The fourth-order valence-corrected chi connectivity index (χ4v) is 6.43. The van der Waals surface area contributed by atoms with Gasteiger partial charge in [-0.2, -0.15) is 5.11 Å². The molecule has 42 heavy (non-hydrogen) atoms. The summed E-state index contributed by atoms with van der Waals surface area (Å²) in [4.78, 5) is 44.3. The molecule has 1 aromatic heterocycles. The van der Waals surface area contributed by atoms with E-state index in [0.717, 1.165) is 11.3 Å². The molecule has 210 valence electrons. The molecule has 5 rings (SSSR count). The van der Waals surface area contributed by atoms with Gasteiger partial charge in [-0.15, -0.1) is 21.5 Å². The zero-order chi connectivity index (χ0) is 29.3. The van der Waals surface area contributed by atoms with Crippen molar-refractivity contribution in [1.82, 2.24) is 10.0 Å². The van der Waals surface area contributed by atoms with Gasteiger partial charge in [-0.3, -0.25) is 9.59 Å². The maximum absolute atomic E-state index is 12.1. The van der Waals surface area contributed by atoms with Crippen LogP contribution < -0.4 is 29.6 Å². The molecule has 2 amide bonds. The van der Waals surface area contributed by atoms with Crippen molar-refractivity contribution in [2.75, 3.05) is 0 Å². The number of azo groups is 1. The fourth-order valence-electron chi connectivity index (χ4n) is 4.14. The van der Waals surface area contributed by atoms with Crippen LogP contribution >= 0.6 is 11.3 Å². The molecule has 1 fully saturated rings. The molecule has 4 aromatic rings. The molecule has 12 nitrogen and oxygen atoms in total. The number of carbonyl (C=O) groups excluding carboxylic acids is 3. The molecule has 0 bridgehead atoms. The number of rotatable bonds is 8. The van der Waals surface area contributed by atoms with E-state index in [1.54, 1.807) is 55.5 Å². The Hall–Kier alpha value is -3.53. The molecule has 0 radical (unpaired) electrons. The van der Waals surface area contributed by atoms with Crippen LogP contribution in [0.2, 0.25) is 0 Å². The number of aromatic hydroxyl groups is 1. The molecule has 1 saturated heterocycles. The molecule has 1 N–H and O–H groups in total. The Morgan fingerprint density at radius 3 is 2.43 bits per heavy atom. The molecule has 1 aliphatic heterocycles. The number of phenols is 1. The molecule has 0 unspecified atom stereocenters. The SMILES string of the molecule is Cc1ccc2nc(-c3ccc(N=Nc4cc(CCC(=O)ON5C(=O)CCC5=O)ccc4O)cc3)sc2c1S(=O)(=O)[O-].[Na+]. The largest absolute Gasteiger partial charge is 1.00 e. The second kappa shape index (κ2) is 12.8. The van der Waals surface area contributed by atoms with Crippen LogP contribution in [0.15, 0.2) is 69.7 Å². The number of carbonyl (C=O) groups is 3. The molecular weight excluding hydrogens is 595 g/mol. The third-order valence-electron chi connectivity index (χ3n) is 6.20. The van der Waals surface area contributed by atoms with Gasteiger partial charge in [0, 0.05) is 18.4 Å². The van der Waals surface area contributed by atoms with Crippen molar-refractivity contribution in [3.63, 3.8) is 0 Å². The van der Waals surface area contributed by atoms with E-state index in [1.165, 1.54) is 6.07 Å². The second-order valence-electron chi connectivity index (χ2n) is 9.15. The number of aromatic nitrogens is 1. The van der Waals surface area contributed by atoms with Gasteiger partial charge in [0.1, 0.15) is 26.6 Å². The molecule has 0 aliphatic carbocycles. The van der Waals surface area contributed by atoms with E-state index in [9.17, 15) is 32.5 Å². The van der Waals surface area contributed by atoms with E-state index in [1.807, 2.05) is 0 Å². The molecule has 15 heteroatoms. The molecule has 0 spiro atoms. The molecule has 0 saturated carbocycles. The number of hydrogen-bond donors (Lipinski definition) is 1. The summed E-state index contributed by atoms with van der Waals surface area (Å²) in [7, 11) is -4.67. The number of nitrogens with zero attached hydrogens (tertiary/aromatic N) is 4. The van der Waals surface area contributed by atoms with Crippen LogP contribution in [0.4, 0.5) is 11.4 Å². The van der Waals surface area contributed by atoms with E-state index >= 15 is 0 Å². The number of aryl methyl sites for hydroxylation is 2. The molecule has 0 atom stereocenters. The standard InChI is InChI=1S/C27H22N4O8S2.Na/c1-15-2-9-19-25(26(15)41(36,37)38)40-27(28-19)17-5-7-18(8-6-17)29-30-20-14-16(3-10-21(20)32)4-13-24(35)39-31-22(33)11-12-23(31)34;/h2-3,5-10,14,32H,4,11-13H2,1H3,(H,36,37,38);/q;+1/p-1. The summed E-state index contributed by atoms with van der Waals surface area (Å²) >= 11 is 1.11. The fraction of sp³-hybridized carbons (Fsp3) is 0.185. The predicted molar refractivity (Wildman–Crippen MR) is 146 cm³/mol. The van der Waals surface area contributed by atoms with Gasteiger partial charge in [-0.1, -0.05) is 12.1 Å². The van der Waals surface area contributed by atoms with Crippen LogP contribution in [0.3, 0.4) is 0 Å². The van der Waals surface area contributed by atoms with E-state index in [4.69, 9.17) is 4.84 Å². The van der Waals surface area contributed by atoms with Crippen molar-refractivity contribution in [1.29, 1.82) is 0 Å². The Bertz CT molecular complexity index is 1820. The first kappa shape index (κ1) is 31.4. The maximum atomic E-state index is 12.1. The van der Waals surface area contributed by atoms with Gasteiger partial charge in [-0.25, -0.2) is 18.2 Å². The number of thiazole rings is 1. The topological polar surface area (TPSA) is 179 Å². The van der Waals surface area contributed by atoms with Gasteiger partial charge >= 0.3 is 35.5 Å².